The molecule has 0 saturated heterocycles. The highest BCUT2D eigenvalue weighted by atomic mass is 32.2. The molecule has 0 spiro atoms. The van der Waals surface area contributed by atoms with E-state index < -0.39 is 10.1 Å². The van der Waals surface area contributed by atoms with E-state index in [0.717, 1.165) is 12.5 Å². The van der Waals surface area contributed by atoms with Gasteiger partial charge in [-0.05, 0) is 5.92 Å². The minimum atomic E-state index is -3.92. The third-order valence-electron chi connectivity index (χ3n) is 1.40. The number of aromatic nitrogens is 2. The number of aryl methyl sites for hydroxylation is 1. The third kappa shape index (κ3) is 11.0. The second kappa shape index (κ2) is 5.87. The Labute approximate surface area is 91.1 Å². The van der Waals surface area contributed by atoms with Gasteiger partial charge in [0.15, 0.2) is 0 Å². The zero-order chi connectivity index (χ0) is 12.1. The molecule has 0 aliphatic rings. The van der Waals surface area contributed by atoms with Gasteiger partial charge in [0.05, 0.1) is 23.7 Å². The first-order valence-corrected chi connectivity index (χ1v) is 6.42. The fourth-order valence-corrected chi connectivity index (χ4v) is 1.03. The van der Waals surface area contributed by atoms with Crippen LogP contribution in [-0.2, 0) is 23.7 Å². The molecule has 0 amide bonds. The predicted molar refractivity (Wildman–Crippen MR) is 56.1 cm³/mol. The summed E-state index contributed by atoms with van der Waals surface area (Å²) in [4.78, 5) is 0. The van der Waals surface area contributed by atoms with Crippen molar-refractivity contribution in [2.24, 2.45) is 13.0 Å². The summed E-state index contributed by atoms with van der Waals surface area (Å²) < 4.78 is 31.5. The maximum absolute atomic E-state index is 9.08. The van der Waals surface area contributed by atoms with Crippen molar-refractivity contribution >= 4 is 10.1 Å². The Kier molecular flexibility index (Phi) is 5.53. The van der Waals surface area contributed by atoms with Crippen molar-refractivity contribution in [1.82, 2.24) is 4.57 Å². The lowest BCUT2D eigenvalue weighted by atomic mass is 10.2. The maximum Gasteiger partial charge on any atom is 0.243 e. The second-order valence-corrected chi connectivity index (χ2v) is 5.28. The van der Waals surface area contributed by atoms with E-state index in [9.17, 15) is 0 Å². The number of rotatable bonds is 2. The average Bonchev–Trinajstić information content (AvgIpc) is 2.29. The van der Waals surface area contributed by atoms with Gasteiger partial charge in [0.2, 0.25) is 6.33 Å². The first-order chi connectivity index (χ1) is 6.68. The molecule has 1 heterocycles. The van der Waals surface area contributed by atoms with Gasteiger partial charge in [0.1, 0.15) is 12.4 Å². The summed E-state index contributed by atoms with van der Waals surface area (Å²) in [5.74, 6) is 0.729. The molecule has 1 aromatic heterocycles. The number of imidazole rings is 1. The van der Waals surface area contributed by atoms with Gasteiger partial charge in [0.25, 0.3) is 0 Å². The lowest BCUT2D eigenvalue weighted by molar-refractivity contribution is -0.701. The van der Waals surface area contributed by atoms with Crippen LogP contribution in [0.2, 0.25) is 0 Å². The zero-order valence-corrected chi connectivity index (χ0v) is 10.4. The minimum Gasteiger partial charge on any atom is -0.748 e. The highest BCUT2D eigenvalue weighted by Crippen LogP contribution is 1.90. The van der Waals surface area contributed by atoms with Crippen LogP contribution in [0.1, 0.15) is 13.8 Å². The smallest absolute Gasteiger partial charge is 0.243 e. The Morgan fingerprint density at radius 2 is 1.93 bits per heavy atom. The molecule has 0 fully saturated rings. The van der Waals surface area contributed by atoms with E-state index in [1.165, 1.54) is 0 Å². The van der Waals surface area contributed by atoms with Crippen LogP contribution in [0, 0.1) is 5.92 Å². The van der Waals surface area contributed by atoms with E-state index in [-0.39, 0.29) is 0 Å². The molecule has 0 aliphatic carbocycles. The van der Waals surface area contributed by atoms with Crippen molar-refractivity contribution in [2.45, 2.75) is 20.4 Å². The van der Waals surface area contributed by atoms with Crippen molar-refractivity contribution in [3.8, 4) is 0 Å². The molecular weight excluding hydrogens is 216 g/mol. The molecule has 0 atom stereocenters. The van der Waals surface area contributed by atoms with Gasteiger partial charge >= 0.3 is 0 Å². The van der Waals surface area contributed by atoms with E-state index >= 15 is 0 Å². The Bertz CT molecular complexity index is 374. The first-order valence-electron chi connectivity index (χ1n) is 4.60. The monoisotopic (exact) mass is 234 g/mol. The molecule has 0 aliphatic heterocycles. The van der Waals surface area contributed by atoms with Gasteiger partial charge in [-0.25, -0.2) is 17.6 Å². The Morgan fingerprint density at radius 3 is 2.20 bits per heavy atom. The third-order valence-corrected chi connectivity index (χ3v) is 1.40. The number of nitrogens with zero attached hydrogens (tertiary/aromatic N) is 2. The highest BCUT2D eigenvalue weighted by molar-refractivity contribution is 7.84. The molecule has 0 aromatic carbocycles. The van der Waals surface area contributed by atoms with E-state index in [1.807, 2.05) is 7.05 Å². The summed E-state index contributed by atoms with van der Waals surface area (Å²) >= 11 is 0. The van der Waals surface area contributed by atoms with Crippen LogP contribution in [0.3, 0.4) is 0 Å². The first kappa shape index (κ1) is 14.1. The van der Waals surface area contributed by atoms with Crippen molar-refractivity contribution in [2.75, 3.05) is 6.26 Å². The Hall–Kier alpha value is -0.880. The lowest BCUT2D eigenvalue weighted by Gasteiger charge is -1.97. The van der Waals surface area contributed by atoms with Crippen LogP contribution < -0.4 is 4.57 Å². The van der Waals surface area contributed by atoms with Gasteiger partial charge < -0.3 is 4.55 Å². The van der Waals surface area contributed by atoms with Gasteiger partial charge in [-0.3, -0.25) is 0 Å². The fourth-order valence-electron chi connectivity index (χ4n) is 1.03. The summed E-state index contributed by atoms with van der Waals surface area (Å²) in [6.45, 7) is 5.56. The Balaban J connectivity index is 0.000000336. The van der Waals surface area contributed by atoms with Crippen LogP contribution in [0.5, 0.6) is 0 Å². The number of hydrogen-bond donors (Lipinski definition) is 0. The molecule has 1 rings (SSSR count). The molecule has 6 heteroatoms. The quantitative estimate of drug-likeness (QED) is 0.539. The fraction of sp³-hybridized carbons (Fsp3) is 0.667. The molecule has 0 bridgehead atoms. The van der Waals surface area contributed by atoms with Crippen LogP contribution >= 0.6 is 0 Å². The molecule has 0 unspecified atom stereocenters. The molecular formula is C9H18N2O3S. The van der Waals surface area contributed by atoms with E-state index in [0.29, 0.717) is 6.26 Å². The summed E-state index contributed by atoms with van der Waals surface area (Å²) in [5, 5.41) is 0. The standard InChI is InChI=1S/C8H15N2.CH4O3S/c1-8(2)6-10-5-4-9(3)7-10;1-5(2,3)4/h4-5,7-8H,6H2,1-3H3;1H3,(H,2,3,4)/q+1;/p-1. The molecule has 0 N–H and O–H groups in total. The highest BCUT2D eigenvalue weighted by Gasteiger charge is 2.01. The largest absolute Gasteiger partial charge is 0.748 e. The van der Waals surface area contributed by atoms with E-state index in [1.54, 1.807) is 0 Å². The zero-order valence-electron chi connectivity index (χ0n) is 9.54. The summed E-state index contributed by atoms with van der Waals surface area (Å²) in [6.07, 6.45) is 6.86. The van der Waals surface area contributed by atoms with E-state index in [2.05, 4.69) is 41.7 Å². The van der Waals surface area contributed by atoms with Crippen LogP contribution in [0.25, 0.3) is 0 Å². The molecule has 88 valence electrons. The van der Waals surface area contributed by atoms with Crippen LogP contribution in [0.4, 0.5) is 0 Å². The van der Waals surface area contributed by atoms with Crippen molar-refractivity contribution in [3.05, 3.63) is 18.7 Å². The van der Waals surface area contributed by atoms with E-state index in [4.69, 9.17) is 13.0 Å². The minimum absolute atomic E-state index is 0.604. The summed E-state index contributed by atoms with van der Waals surface area (Å²) in [7, 11) is -1.88. The Morgan fingerprint density at radius 1 is 1.47 bits per heavy atom. The molecule has 0 radical (unpaired) electrons. The summed E-state index contributed by atoms with van der Waals surface area (Å²) in [5.41, 5.74) is 0. The van der Waals surface area contributed by atoms with Gasteiger partial charge in [-0.15, -0.1) is 0 Å². The molecule has 0 saturated carbocycles. The maximum atomic E-state index is 9.08. The van der Waals surface area contributed by atoms with Gasteiger partial charge in [-0.1, -0.05) is 13.8 Å². The second-order valence-electron chi connectivity index (χ2n) is 3.87. The molecule has 1 aromatic rings. The van der Waals surface area contributed by atoms with Crippen molar-refractivity contribution < 1.29 is 17.5 Å². The molecule has 15 heavy (non-hydrogen) atoms. The normalized spacial score (nSPS) is 11.1. The topological polar surface area (TPSA) is 66.0 Å². The number of hydrogen-bond acceptors (Lipinski definition) is 3. The van der Waals surface area contributed by atoms with Crippen molar-refractivity contribution in [1.29, 1.82) is 0 Å². The molecule has 5 nitrogen and oxygen atoms in total. The SMILES string of the molecule is CC(C)C[n+]1ccn(C)c1.CS(=O)(=O)[O-]. The average molecular weight is 234 g/mol. The van der Waals surface area contributed by atoms with Crippen LogP contribution in [-0.4, -0.2) is 23.8 Å². The summed E-state index contributed by atoms with van der Waals surface area (Å²) in [6, 6.07) is 0. The van der Waals surface area contributed by atoms with Crippen LogP contribution in [0.15, 0.2) is 18.7 Å². The van der Waals surface area contributed by atoms with Gasteiger partial charge in [0, 0.05) is 6.26 Å². The predicted octanol–water partition coefficient (Wildman–Crippen LogP) is 0.130. The van der Waals surface area contributed by atoms with Crippen molar-refractivity contribution in [3.63, 3.8) is 0 Å². The van der Waals surface area contributed by atoms with Gasteiger partial charge in [-0.2, -0.15) is 0 Å². The lowest BCUT2D eigenvalue weighted by Crippen LogP contribution is -2.33.